The Balaban J connectivity index is 1.81. The molecule has 0 unspecified atom stereocenters. The summed E-state index contributed by atoms with van der Waals surface area (Å²) in [5.41, 5.74) is 0.721. The van der Waals surface area contributed by atoms with Crippen molar-refractivity contribution in [3.8, 4) is 11.5 Å². The number of ether oxygens (including phenoxy) is 2. The van der Waals surface area contributed by atoms with Crippen LogP contribution >= 0.6 is 11.3 Å². The van der Waals surface area contributed by atoms with Crippen LogP contribution in [0.4, 0.5) is 0 Å². The molecule has 2 aromatic rings. The average molecular weight is 319 g/mol. The Morgan fingerprint density at radius 2 is 1.95 bits per heavy atom. The van der Waals surface area contributed by atoms with E-state index >= 15 is 0 Å². The Labute approximate surface area is 135 Å². The predicted octanol–water partition coefficient (Wildman–Crippen LogP) is 3.52. The molecule has 1 heterocycles. The van der Waals surface area contributed by atoms with Gasteiger partial charge in [-0.1, -0.05) is 6.92 Å². The molecule has 1 aromatic carbocycles. The van der Waals surface area contributed by atoms with Crippen molar-refractivity contribution in [3.63, 3.8) is 0 Å². The monoisotopic (exact) mass is 319 g/mol. The van der Waals surface area contributed by atoms with Gasteiger partial charge in [-0.3, -0.25) is 4.79 Å². The zero-order chi connectivity index (χ0) is 15.9. The van der Waals surface area contributed by atoms with Gasteiger partial charge < -0.3 is 14.8 Å². The van der Waals surface area contributed by atoms with Gasteiger partial charge in [-0.05, 0) is 43.7 Å². The van der Waals surface area contributed by atoms with E-state index < -0.39 is 0 Å². The van der Waals surface area contributed by atoms with E-state index in [0.717, 1.165) is 23.5 Å². The molecule has 0 aliphatic heterocycles. The molecule has 0 spiro atoms. The maximum Gasteiger partial charge on any atom is 0.252 e. The van der Waals surface area contributed by atoms with Gasteiger partial charge in [0.05, 0.1) is 19.2 Å². The van der Waals surface area contributed by atoms with Gasteiger partial charge in [0.1, 0.15) is 17.6 Å². The number of methoxy groups -OCH3 is 1. The Morgan fingerprint density at radius 1 is 1.27 bits per heavy atom. The predicted molar refractivity (Wildman–Crippen MR) is 89.1 cm³/mol. The summed E-state index contributed by atoms with van der Waals surface area (Å²) in [7, 11) is 1.63. The lowest BCUT2D eigenvalue weighted by molar-refractivity contribution is 0.0932. The van der Waals surface area contributed by atoms with Gasteiger partial charge in [0.25, 0.3) is 5.91 Å². The number of rotatable bonds is 7. The van der Waals surface area contributed by atoms with Crippen LogP contribution in [0, 0.1) is 0 Å². The number of nitrogens with one attached hydrogen (secondary N) is 1. The second-order valence-corrected chi connectivity index (χ2v) is 5.97. The first-order chi connectivity index (χ1) is 10.6. The Bertz CT molecular complexity index is 607. The topological polar surface area (TPSA) is 47.6 Å². The Hall–Kier alpha value is -2.01. The summed E-state index contributed by atoms with van der Waals surface area (Å²) in [6.45, 7) is 4.47. The highest BCUT2D eigenvalue weighted by Gasteiger charge is 2.10. The minimum absolute atomic E-state index is 0.0545. The van der Waals surface area contributed by atoms with E-state index in [0.29, 0.717) is 6.54 Å². The molecule has 1 atom stereocenters. The highest BCUT2D eigenvalue weighted by Crippen LogP contribution is 2.18. The molecule has 118 valence electrons. The zero-order valence-corrected chi connectivity index (χ0v) is 13.9. The molecule has 0 bridgehead atoms. The van der Waals surface area contributed by atoms with Gasteiger partial charge in [-0.25, -0.2) is 0 Å². The number of carbonyl (C=O) groups excluding carboxylic acids is 1. The van der Waals surface area contributed by atoms with Gasteiger partial charge in [0, 0.05) is 10.3 Å². The summed E-state index contributed by atoms with van der Waals surface area (Å²) in [5.74, 6) is 1.49. The summed E-state index contributed by atoms with van der Waals surface area (Å²) >= 11 is 1.61. The minimum atomic E-state index is -0.110. The quantitative estimate of drug-likeness (QED) is 0.849. The van der Waals surface area contributed by atoms with Crippen LogP contribution in [0.1, 0.15) is 29.1 Å². The molecule has 4 nitrogen and oxygen atoms in total. The molecule has 0 radical (unpaired) electrons. The van der Waals surface area contributed by atoms with E-state index in [9.17, 15) is 4.79 Å². The van der Waals surface area contributed by atoms with Crippen molar-refractivity contribution in [2.75, 3.05) is 13.7 Å². The van der Waals surface area contributed by atoms with Crippen molar-refractivity contribution in [2.24, 2.45) is 0 Å². The first-order valence-electron chi connectivity index (χ1n) is 7.28. The van der Waals surface area contributed by atoms with Gasteiger partial charge >= 0.3 is 0 Å². The second kappa shape index (κ2) is 7.84. The fourth-order valence-electron chi connectivity index (χ4n) is 1.95. The number of amides is 1. The van der Waals surface area contributed by atoms with Crippen LogP contribution in [0.25, 0.3) is 0 Å². The largest absolute Gasteiger partial charge is 0.497 e. The van der Waals surface area contributed by atoms with Crippen molar-refractivity contribution < 1.29 is 14.3 Å². The standard InChI is InChI=1S/C17H21NO3S/c1-4-16-9-13(11-22-16)17(19)18-10-12(2)21-15-7-5-14(20-3)6-8-15/h5-9,11-12H,4,10H2,1-3H3,(H,18,19)/t12-/m0/s1. The van der Waals surface area contributed by atoms with Gasteiger partial charge in [0.2, 0.25) is 0 Å². The first-order valence-corrected chi connectivity index (χ1v) is 8.16. The minimum Gasteiger partial charge on any atom is -0.497 e. The highest BCUT2D eigenvalue weighted by atomic mass is 32.1. The molecular formula is C17H21NO3S. The molecule has 0 aliphatic rings. The normalized spacial score (nSPS) is 11.8. The van der Waals surface area contributed by atoms with E-state index in [2.05, 4.69) is 12.2 Å². The van der Waals surface area contributed by atoms with E-state index in [-0.39, 0.29) is 12.0 Å². The smallest absolute Gasteiger partial charge is 0.252 e. The van der Waals surface area contributed by atoms with Gasteiger partial charge in [-0.2, -0.15) is 0 Å². The number of hydrogen-bond acceptors (Lipinski definition) is 4. The van der Waals surface area contributed by atoms with Gasteiger partial charge in [0.15, 0.2) is 0 Å². The molecule has 5 heteroatoms. The molecule has 1 amide bonds. The Kier molecular flexibility index (Phi) is 5.83. The maximum absolute atomic E-state index is 12.0. The van der Waals surface area contributed by atoms with Crippen LogP contribution in [-0.4, -0.2) is 25.7 Å². The highest BCUT2D eigenvalue weighted by molar-refractivity contribution is 7.10. The fourth-order valence-corrected chi connectivity index (χ4v) is 2.77. The maximum atomic E-state index is 12.0. The lowest BCUT2D eigenvalue weighted by atomic mass is 10.2. The first kappa shape index (κ1) is 16.4. The van der Waals surface area contributed by atoms with Crippen LogP contribution in [0.15, 0.2) is 35.7 Å². The summed E-state index contributed by atoms with van der Waals surface area (Å²) in [4.78, 5) is 13.3. The van der Waals surface area contributed by atoms with Crippen molar-refractivity contribution in [2.45, 2.75) is 26.4 Å². The van der Waals surface area contributed by atoms with E-state index in [1.807, 2.05) is 42.6 Å². The summed E-state index contributed by atoms with van der Waals surface area (Å²) in [6, 6.07) is 9.33. The lowest BCUT2D eigenvalue weighted by Crippen LogP contribution is -2.33. The molecule has 0 fully saturated rings. The van der Waals surface area contributed by atoms with E-state index in [1.54, 1.807) is 18.4 Å². The molecule has 22 heavy (non-hydrogen) atoms. The van der Waals surface area contributed by atoms with Crippen LogP contribution < -0.4 is 14.8 Å². The third-order valence-corrected chi connectivity index (χ3v) is 4.29. The molecular weight excluding hydrogens is 298 g/mol. The van der Waals surface area contributed by atoms with E-state index in [1.165, 1.54) is 4.88 Å². The molecule has 1 N–H and O–H groups in total. The van der Waals surface area contributed by atoms with Crippen LogP contribution in [-0.2, 0) is 6.42 Å². The third kappa shape index (κ3) is 4.49. The summed E-state index contributed by atoms with van der Waals surface area (Å²) < 4.78 is 10.9. The van der Waals surface area contributed by atoms with Gasteiger partial charge in [-0.15, -0.1) is 11.3 Å². The van der Waals surface area contributed by atoms with Crippen LogP contribution in [0.2, 0.25) is 0 Å². The molecule has 1 aromatic heterocycles. The average Bonchev–Trinajstić information content (AvgIpc) is 3.02. The number of benzene rings is 1. The van der Waals surface area contributed by atoms with Crippen molar-refractivity contribution >= 4 is 17.2 Å². The van der Waals surface area contributed by atoms with Crippen molar-refractivity contribution in [3.05, 3.63) is 46.2 Å². The van der Waals surface area contributed by atoms with Crippen molar-refractivity contribution in [1.29, 1.82) is 0 Å². The van der Waals surface area contributed by atoms with Crippen LogP contribution in [0.3, 0.4) is 0 Å². The Morgan fingerprint density at radius 3 is 2.55 bits per heavy atom. The summed E-state index contributed by atoms with van der Waals surface area (Å²) in [6.07, 6.45) is 0.844. The third-order valence-electron chi connectivity index (χ3n) is 3.21. The summed E-state index contributed by atoms with van der Waals surface area (Å²) in [5, 5.41) is 4.79. The lowest BCUT2D eigenvalue weighted by Gasteiger charge is -2.15. The number of carbonyl (C=O) groups is 1. The fraction of sp³-hybridized carbons (Fsp3) is 0.353. The number of thiophene rings is 1. The number of hydrogen-bond donors (Lipinski definition) is 1. The van der Waals surface area contributed by atoms with E-state index in [4.69, 9.17) is 9.47 Å². The SMILES string of the molecule is CCc1cc(C(=O)NC[C@H](C)Oc2ccc(OC)cc2)cs1. The second-order valence-electron chi connectivity index (χ2n) is 4.97. The number of aryl methyl sites for hydroxylation is 1. The molecule has 0 aliphatic carbocycles. The zero-order valence-electron chi connectivity index (χ0n) is 13.1. The molecule has 0 saturated carbocycles. The molecule has 0 saturated heterocycles. The van der Waals surface area contributed by atoms with Crippen LogP contribution in [0.5, 0.6) is 11.5 Å². The molecule has 2 rings (SSSR count). The van der Waals surface area contributed by atoms with Crippen molar-refractivity contribution in [1.82, 2.24) is 5.32 Å².